The quantitative estimate of drug-likeness (QED) is 0.258. The summed E-state index contributed by atoms with van der Waals surface area (Å²) in [6.45, 7) is 0.592. The first-order valence-electron chi connectivity index (χ1n) is 11.4. The zero-order valence-corrected chi connectivity index (χ0v) is 19.3. The minimum atomic E-state index is -0.405. The molecule has 1 aliphatic carbocycles. The number of nitro groups is 1. The van der Waals surface area contributed by atoms with E-state index in [-0.39, 0.29) is 11.7 Å². The van der Waals surface area contributed by atoms with Gasteiger partial charge in [-0.1, -0.05) is 11.6 Å². The fourth-order valence-electron chi connectivity index (χ4n) is 4.71. The number of anilines is 1. The highest BCUT2D eigenvalue weighted by atomic mass is 35.5. The van der Waals surface area contributed by atoms with Crippen molar-refractivity contribution < 1.29 is 9.34 Å². The number of fused-ring (bicyclic) bond motifs is 1. The maximum absolute atomic E-state index is 10.9. The van der Waals surface area contributed by atoms with Gasteiger partial charge in [0.2, 0.25) is 0 Å². The van der Waals surface area contributed by atoms with E-state index in [1.807, 2.05) is 42.6 Å². The standard InChI is InChI=1S/C26H25ClN4O3/c27-18-3-11-23-24(15-18)29-14-13-25(23)30(20-8-4-19(28)5-9-20)16-22-10-12-26(34-22)17-1-6-21(7-2-17)31(32)33/h1-3,6-7,10-15,19-20H,4-5,8-9,16,28H2. The average molecular weight is 477 g/mol. The van der Waals surface area contributed by atoms with Crippen molar-refractivity contribution in [3.8, 4) is 11.3 Å². The average Bonchev–Trinajstić information content (AvgIpc) is 3.31. The van der Waals surface area contributed by atoms with Crippen molar-refractivity contribution in [2.24, 2.45) is 5.73 Å². The van der Waals surface area contributed by atoms with E-state index in [0.717, 1.165) is 53.6 Å². The largest absolute Gasteiger partial charge is 0.459 e. The van der Waals surface area contributed by atoms with Gasteiger partial charge in [0.15, 0.2) is 0 Å². The van der Waals surface area contributed by atoms with Crippen LogP contribution in [-0.2, 0) is 6.54 Å². The summed E-state index contributed by atoms with van der Waals surface area (Å²) in [5.41, 5.74) is 9.00. The maximum atomic E-state index is 10.9. The Kier molecular flexibility index (Phi) is 6.22. The normalized spacial score (nSPS) is 18.2. The Morgan fingerprint density at radius 2 is 1.82 bits per heavy atom. The zero-order valence-electron chi connectivity index (χ0n) is 18.6. The maximum Gasteiger partial charge on any atom is 0.269 e. The lowest BCUT2D eigenvalue weighted by Gasteiger charge is -2.37. The summed E-state index contributed by atoms with van der Waals surface area (Å²) in [5, 5.41) is 12.7. The third-order valence-corrected chi connectivity index (χ3v) is 6.76. The molecule has 2 N–H and O–H groups in total. The Balaban J connectivity index is 1.47. The molecule has 0 aliphatic heterocycles. The minimum absolute atomic E-state index is 0.0573. The van der Waals surface area contributed by atoms with Crippen LogP contribution in [0.2, 0.25) is 5.02 Å². The number of aromatic nitrogens is 1. The molecule has 0 amide bonds. The first-order valence-corrected chi connectivity index (χ1v) is 11.8. The first-order chi connectivity index (χ1) is 16.5. The summed E-state index contributed by atoms with van der Waals surface area (Å²) in [6, 6.07) is 18.7. The molecule has 1 aliphatic rings. The lowest BCUT2D eigenvalue weighted by Crippen LogP contribution is -2.40. The SMILES string of the molecule is NC1CCC(N(Cc2ccc(-c3ccc([N+](=O)[O-])cc3)o2)c2ccnc3cc(Cl)ccc23)CC1. The van der Waals surface area contributed by atoms with Gasteiger partial charge in [0.05, 0.1) is 17.0 Å². The molecule has 0 radical (unpaired) electrons. The molecule has 0 bridgehead atoms. The fraction of sp³-hybridized carbons (Fsp3) is 0.269. The van der Waals surface area contributed by atoms with Gasteiger partial charge in [-0.05, 0) is 74.2 Å². The number of halogens is 1. The van der Waals surface area contributed by atoms with Gasteiger partial charge in [0.25, 0.3) is 5.69 Å². The summed E-state index contributed by atoms with van der Waals surface area (Å²) in [6.07, 6.45) is 5.81. The van der Waals surface area contributed by atoms with Crippen molar-refractivity contribution in [3.63, 3.8) is 0 Å². The summed E-state index contributed by atoms with van der Waals surface area (Å²) < 4.78 is 6.19. The molecule has 7 nitrogen and oxygen atoms in total. The van der Waals surface area contributed by atoms with Crippen molar-refractivity contribution in [3.05, 3.63) is 87.8 Å². The Hall–Kier alpha value is -3.42. The van der Waals surface area contributed by atoms with E-state index in [4.69, 9.17) is 21.8 Å². The molecule has 0 atom stereocenters. The third kappa shape index (κ3) is 4.62. The summed E-state index contributed by atoms with van der Waals surface area (Å²) in [7, 11) is 0. The van der Waals surface area contributed by atoms with E-state index in [0.29, 0.717) is 23.4 Å². The number of furan rings is 1. The molecule has 0 saturated heterocycles. The number of nitrogens with two attached hydrogens (primary N) is 1. The molecule has 174 valence electrons. The molecule has 2 heterocycles. The Morgan fingerprint density at radius 1 is 1.06 bits per heavy atom. The molecular weight excluding hydrogens is 452 g/mol. The van der Waals surface area contributed by atoms with Crippen LogP contribution >= 0.6 is 11.6 Å². The van der Waals surface area contributed by atoms with Crippen LogP contribution in [-0.4, -0.2) is 22.0 Å². The van der Waals surface area contributed by atoms with Crippen LogP contribution in [0.4, 0.5) is 11.4 Å². The van der Waals surface area contributed by atoms with Gasteiger partial charge in [-0.25, -0.2) is 0 Å². The number of nitrogens with zero attached hydrogens (tertiary/aromatic N) is 3. The van der Waals surface area contributed by atoms with E-state index in [1.165, 1.54) is 12.1 Å². The van der Waals surface area contributed by atoms with Gasteiger partial charge >= 0.3 is 0 Å². The van der Waals surface area contributed by atoms with Crippen LogP contribution in [0.15, 0.2) is 71.3 Å². The van der Waals surface area contributed by atoms with Gasteiger partial charge in [-0.2, -0.15) is 0 Å². The minimum Gasteiger partial charge on any atom is -0.459 e. The van der Waals surface area contributed by atoms with Crippen molar-refractivity contribution >= 4 is 33.9 Å². The van der Waals surface area contributed by atoms with E-state index in [1.54, 1.807) is 12.1 Å². The van der Waals surface area contributed by atoms with Crippen LogP contribution < -0.4 is 10.6 Å². The molecule has 2 aromatic heterocycles. The zero-order chi connectivity index (χ0) is 23.7. The molecule has 5 rings (SSSR count). The molecule has 1 fully saturated rings. The summed E-state index contributed by atoms with van der Waals surface area (Å²) in [5.74, 6) is 1.50. The summed E-state index contributed by atoms with van der Waals surface area (Å²) >= 11 is 6.21. The second-order valence-corrected chi connectivity index (χ2v) is 9.19. The number of pyridine rings is 1. The molecule has 1 saturated carbocycles. The number of hydrogen-bond donors (Lipinski definition) is 1. The number of non-ortho nitro benzene ring substituents is 1. The topological polar surface area (TPSA) is 98.4 Å². The van der Waals surface area contributed by atoms with Crippen molar-refractivity contribution in [2.75, 3.05) is 4.90 Å². The fourth-order valence-corrected chi connectivity index (χ4v) is 4.88. The second kappa shape index (κ2) is 9.44. The van der Waals surface area contributed by atoms with Gasteiger partial charge in [0.1, 0.15) is 11.5 Å². The van der Waals surface area contributed by atoms with E-state index >= 15 is 0 Å². The van der Waals surface area contributed by atoms with Crippen molar-refractivity contribution in [1.29, 1.82) is 0 Å². The smallest absolute Gasteiger partial charge is 0.269 e. The highest BCUT2D eigenvalue weighted by Gasteiger charge is 2.27. The van der Waals surface area contributed by atoms with Crippen LogP contribution in [0.1, 0.15) is 31.4 Å². The molecule has 0 spiro atoms. The number of nitro benzene ring substituents is 1. The highest BCUT2D eigenvalue weighted by molar-refractivity contribution is 6.31. The monoisotopic (exact) mass is 476 g/mol. The summed E-state index contributed by atoms with van der Waals surface area (Å²) in [4.78, 5) is 17.4. The van der Waals surface area contributed by atoms with Crippen LogP contribution in [0, 0.1) is 10.1 Å². The highest BCUT2D eigenvalue weighted by Crippen LogP contribution is 2.35. The lowest BCUT2D eigenvalue weighted by atomic mass is 9.90. The molecule has 8 heteroatoms. The lowest BCUT2D eigenvalue weighted by molar-refractivity contribution is -0.384. The molecule has 0 unspecified atom stereocenters. The van der Waals surface area contributed by atoms with E-state index in [9.17, 15) is 10.1 Å². The first kappa shape index (κ1) is 22.4. The van der Waals surface area contributed by atoms with Gasteiger partial charge in [-0.15, -0.1) is 0 Å². The van der Waals surface area contributed by atoms with Crippen molar-refractivity contribution in [1.82, 2.24) is 4.98 Å². The van der Waals surface area contributed by atoms with Gasteiger partial charge in [0, 0.05) is 52.1 Å². The van der Waals surface area contributed by atoms with Gasteiger partial charge in [-0.3, -0.25) is 15.1 Å². The van der Waals surface area contributed by atoms with Crippen LogP contribution in [0.5, 0.6) is 0 Å². The van der Waals surface area contributed by atoms with Gasteiger partial charge < -0.3 is 15.1 Å². The van der Waals surface area contributed by atoms with E-state index < -0.39 is 4.92 Å². The molecule has 4 aromatic rings. The molecular formula is C26H25ClN4O3. The molecule has 34 heavy (non-hydrogen) atoms. The predicted octanol–water partition coefficient (Wildman–Crippen LogP) is 6.33. The van der Waals surface area contributed by atoms with E-state index in [2.05, 4.69) is 9.88 Å². The number of rotatable bonds is 6. The Bertz CT molecular complexity index is 1310. The van der Waals surface area contributed by atoms with Crippen LogP contribution in [0.3, 0.4) is 0 Å². The second-order valence-electron chi connectivity index (χ2n) is 8.76. The molecule has 2 aromatic carbocycles. The predicted molar refractivity (Wildman–Crippen MR) is 134 cm³/mol. The third-order valence-electron chi connectivity index (χ3n) is 6.52. The van der Waals surface area contributed by atoms with Crippen LogP contribution in [0.25, 0.3) is 22.2 Å². The number of benzene rings is 2. The number of hydrogen-bond acceptors (Lipinski definition) is 6. The Labute approximate surface area is 202 Å². The van der Waals surface area contributed by atoms with Crippen molar-refractivity contribution in [2.45, 2.75) is 44.3 Å². The Morgan fingerprint density at radius 3 is 2.56 bits per heavy atom.